The van der Waals surface area contributed by atoms with Crippen LogP contribution >= 0.6 is 0 Å². The Morgan fingerprint density at radius 3 is 3.29 bits per heavy atom. The number of rotatable bonds is 4. The van der Waals surface area contributed by atoms with Crippen molar-refractivity contribution in [3.63, 3.8) is 0 Å². The zero-order chi connectivity index (χ0) is 12.3. The van der Waals surface area contributed by atoms with Gasteiger partial charge in [0.25, 0.3) is 0 Å². The molecular weight excluding hydrogens is 220 g/mol. The SMILES string of the molecule is CCC(CO)NC(=O)C1Cc2nc[nH]c2CN1. The molecule has 6 heteroatoms. The lowest BCUT2D eigenvalue weighted by Gasteiger charge is -2.24. The van der Waals surface area contributed by atoms with Gasteiger partial charge in [-0.05, 0) is 6.42 Å². The second-order valence-corrected chi connectivity index (χ2v) is 4.26. The van der Waals surface area contributed by atoms with Crippen molar-refractivity contribution in [1.82, 2.24) is 20.6 Å². The average molecular weight is 238 g/mol. The normalized spacial score (nSPS) is 20.7. The van der Waals surface area contributed by atoms with E-state index in [-0.39, 0.29) is 24.6 Å². The van der Waals surface area contributed by atoms with Crippen LogP contribution in [0.1, 0.15) is 24.7 Å². The first-order chi connectivity index (χ1) is 8.24. The second-order valence-electron chi connectivity index (χ2n) is 4.26. The molecule has 1 amide bonds. The van der Waals surface area contributed by atoms with Crippen LogP contribution in [0.3, 0.4) is 0 Å². The predicted molar refractivity (Wildman–Crippen MR) is 62.2 cm³/mol. The van der Waals surface area contributed by atoms with Gasteiger partial charge < -0.3 is 15.4 Å². The number of aliphatic hydroxyl groups excluding tert-OH is 1. The number of aliphatic hydroxyl groups is 1. The Bertz CT molecular complexity index is 387. The lowest BCUT2D eigenvalue weighted by atomic mass is 10.0. The molecule has 0 aliphatic carbocycles. The Labute approximate surface area is 99.8 Å². The zero-order valence-corrected chi connectivity index (χ0v) is 9.86. The predicted octanol–water partition coefficient (Wildman–Crippen LogP) is -0.689. The molecule has 1 aliphatic rings. The van der Waals surface area contributed by atoms with E-state index in [1.54, 1.807) is 6.33 Å². The number of imidazole rings is 1. The molecule has 4 N–H and O–H groups in total. The highest BCUT2D eigenvalue weighted by Gasteiger charge is 2.26. The minimum atomic E-state index is -0.258. The average Bonchev–Trinajstić information content (AvgIpc) is 2.82. The van der Waals surface area contributed by atoms with Crippen LogP contribution in [-0.2, 0) is 17.8 Å². The topological polar surface area (TPSA) is 90.0 Å². The number of aromatic nitrogens is 2. The lowest BCUT2D eigenvalue weighted by Crippen LogP contribution is -2.51. The molecule has 0 bridgehead atoms. The number of hydrogen-bond donors (Lipinski definition) is 4. The third kappa shape index (κ3) is 2.65. The van der Waals surface area contributed by atoms with Gasteiger partial charge in [0, 0.05) is 13.0 Å². The third-order valence-corrected chi connectivity index (χ3v) is 3.11. The third-order valence-electron chi connectivity index (χ3n) is 3.11. The molecule has 0 radical (unpaired) electrons. The fourth-order valence-electron chi connectivity index (χ4n) is 1.93. The van der Waals surface area contributed by atoms with Gasteiger partial charge in [-0.2, -0.15) is 0 Å². The fourth-order valence-corrected chi connectivity index (χ4v) is 1.93. The van der Waals surface area contributed by atoms with Gasteiger partial charge in [0.15, 0.2) is 0 Å². The van der Waals surface area contributed by atoms with Crippen LogP contribution in [0.5, 0.6) is 0 Å². The highest BCUT2D eigenvalue weighted by molar-refractivity contribution is 5.82. The van der Waals surface area contributed by atoms with E-state index in [4.69, 9.17) is 5.11 Å². The molecule has 0 saturated heterocycles. The van der Waals surface area contributed by atoms with E-state index in [1.165, 1.54) is 0 Å². The summed E-state index contributed by atoms with van der Waals surface area (Å²) in [6, 6.07) is -0.420. The first-order valence-corrected chi connectivity index (χ1v) is 5.90. The molecule has 2 rings (SSSR count). The Morgan fingerprint density at radius 1 is 1.76 bits per heavy atom. The number of hydrogen-bond acceptors (Lipinski definition) is 4. The number of nitrogens with zero attached hydrogens (tertiary/aromatic N) is 1. The molecule has 0 aromatic carbocycles. The number of aromatic amines is 1. The van der Waals surface area contributed by atoms with Crippen LogP contribution < -0.4 is 10.6 Å². The highest BCUT2D eigenvalue weighted by Crippen LogP contribution is 2.12. The number of carbonyl (C=O) groups is 1. The van der Waals surface area contributed by atoms with Crippen LogP contribution in [0, 0.1) is 0 Å². The molecule has 0 fully saturated rings. The number of nitrogens with one attached hydrogen (secondary N) is 3. The Hall–Kier alpha value is -1.40. The maximum absolute atomic E-state index is 11.9. The van der Waals surface area contributed by atoms with Gasteiger partial charge in [-0.25, -0.2) is 4.98 Å². The lowest BCUT2D eigenvalue weighted by molar-refractivity contribution is -0.124. The van der Waals surface area contributed by atoms with Gasteiger partial charge >= 0.3 is 0 Å². The van der Waals surface area contributed by atoms with Gasteiger partial charge in [0.2, 0.25) is 5.91 Å². The van der Waals surface area contributed by atoms with Crippen molar-refractivity contribution >= 4 is 5.91 Å². The largest absolute Gasteiger partial charge is 0.394 e. The van der Waals surface area contributed by atoms with E-state index in [0.29, 0.717) is 13.0 Å². The molecule has 2 heterocycles. The van der Waals surface area contributed by atoms with Crippen LogP contribution in [-0.4, -0.2) is 39.7 Å². The molecule has 0 spiro atoms. The van der Waals surface area contributed by atoms with E-state index in [9.17, 15) is 4.79 Å². The number of fused-ring (bicyclic) bond motifs is 1. The Kier molecular flexibility index (Phi) is 3.75. The Balaban J connectivity index is 1.94. The number of H-pyrrole nitrogens is 1. The smallest absolute Gasteiger partial charge is 0.237 e. The molecule has 94 valence electrons. The van der Waals surface area contributed by atoms with Crippen LogP contribution in [0.2, 0.25) is 0 Å². The van der Waals surface area contributed by atoms with E-state index in [0.717, 1.165) is 17.8 Å². The first kappa shape index (κ1) is 12.1. The molecule has 6 nitrogen and oxygen atoms in total. The van der Waals surface area contributed by atoms with E-state index < -0.39 is 0 Å². The van der Waals surface area contributed by atoms with Gasteiger partial charge in [0.05, 0.1) is 36.4 Å². The maximum Gasteiger partial charge on any atom is 0.237 e. The van der Waals surface area contributed by atoms with Gasteiger partial charge in [0.1, 0.15) is 0 Å². The summed E-state index contributed by atoms with van der Waals surface area (Å²) >= 11 is 0. The maximum atomic E-state index is 11.9. The number of carbonyl (C=O) groups excluding carboxylic acids is 1. The molecule has 1 aromatic rings. The molecule has 0 saturated carbocycles. The van der Waals surface area contributed by atoms with Crippen molar-refractivity contribution in [2.45, 2.75) is 38.4 Å². The fraction of sp³-hybridized carbons (Fsp3) is 0.636. The van der Waals surface area contributed by atoms with E-state index >= 15 is 0 Å². The van der Waals surface area contributed by atoms with Gasteiger partial charge in [-0.1, -0.05) is 6.92 Å². The molecular formula is C11H18N4O2. The second kappa shape index (κ2) is 5.29. The van der Waals surface area contributed by atoms with Crippen molar-refractivity contribution in [3.8, 4) is 0 Å². The summed E-state index contributed by atoms with van der Waals surface area (Å²) in [4.78, 5) is 19.2. The van der Waals surface area contributed by atoms with Gasteiger partial charge in [-0.15, -0.1) is 0 Å². The van der Waals surface area contributed by atoms with Crippen molar-refractivity contribution in [1.29, 1.82) is 0 Å². The van der Waals surface area contributed by atoms with Crippen molar-refractivity contribution < 1.29 is 9.90 Å². The summed E-state index contributed by atoms with van der Waals surface area (Å²) in [5, 5.41) is 15.0. The summed E-state index contributed by atoms with van der Waals surface area (Å²) in [5.41, 5.74) is 1.99. The molecule has 1 aromatic heterocycles. The van der Waals surface area contributed by atoms with Crippen molar-refractivity contribution in [2.75, 3.05) is 6.61 Å². The van der Waals surface area contributed by atoms with Crippen LogP contribution in [0.25, 0.3) is 0 Å². The summed E-state index contributed by atoms with van der Waals surface area (Å²) in [6.07, 6.45) is 2.96. The standard InChI is InChI=1S/C11H18N4O2/c1-2-7(5-16)15-11(17)9-3-8-10(4-12-9)14-6-13-8/h6-7,9,12,16H,2-5H2,1H3,(H,13,14)(H,15,17). The first-order valence-electron chi connectivity index (χ1n) is 5.90. The highest BCUT2D eigenvalue weighted by atomic mass is 16.3. The summed E-state index contributed by atoms with van der Waals surface area (Å²) in [7, 11) is 0. The number of amides is 1. The molecule has 2 unspecified atom stereocenters. The Morgan fingerprint density at radius 2 is 2.59 bits per heavy atom. The van der Waals surface area contributed by atoms with E-state index in [2.05, 4.69) is 20.6 Å². The van der Waals surface area contributed by atoms with Crippen molar-refractivity contribution in [3.05, 3.63) is 17.7 Å². The van der Waals surface area contributed by atoms with Crippen LogP contribution in [0.4, 0.5) is 0 Å². The molecule has 1 aliphatic heterocycles. The van der Waals surface area contributed by atoms with Crippen LogP contribution in [0.15, 0.2) is 6.33 Å². The van der Waals surface area contributed by atoms with Gasteiger partial charge in [-0.3, -0.25) is 10.1 Å². The summed E-state index contributed by atoms with van der Waals surface area (Å²) < 4.78 is 0. The molecule has 2 atom stereocenters. The van der Waals surface area contributed by atoms with Crippen molar-refractivity contribution in [2.24, 2.45) is 0 Å². The zero-order valence-electron chi connectivity index (χ0n) is 9.86. The summed E-state index contributed by atoms with van der Waals surface area (Å²) in [6.45, 7) is 2.53. The monoisotopic (exact) mass is 238 g/mol. The summed E-state index contributed by atoms with van der Waals surface area (Å²) in [5.74, 6) is -0.0699. The quantitative estimate of drug-likeness (QED) is 0.559. The minimum Gasteiger partial charge on any atom is -0.394 e. The minimum absolute atomic E-state index is 0.0252. The van der Waals surface area contributed by atoms with E-state index in [1.807, 2.05) is 6.92 Å². The molecule has 17 heavy (non-hydrogen) atoms.